The van der Waals surface area contributed by atoms with Crippen LogP contribution in [0, 0.1) is 11.3 Å². The molecule has 14 heavy (non-hydrogen) atoms. The molecule has 3 nitrogen and oxygen atoms in total. The SMILES string of the molecule is CC(OCC1CC2(CCC2)C1)C(N)=O. The summed E-state index contributed by atoms with van der Waals surface area (Å²) < 4.78 is 5.39. The molecule has 0 radical (unpaired) electrons. The average Bonchev–Trinajstić information content (AvgIpc) is 1.97. The number of primary amides is 1. The molecule has 0 saturated heterocycles. The van der Waals surface area contributed by atoms with Gasteiger partial charge in [-0.05, 0) is 43.9 Å². The lowest BCUT2D eigenvalue weighted by Gasteiger charge is -2.54. The molecule has 80 valence electrons. The molecule has 2 saturated carbocycles. The summed E-state index contributed by atoms with van der Waals surface area (Å²) in [6.07, 6.45) is 6.42. The van der Waals surface area contributed by atoms with Gasteiger partial charge in [-0.2, -0.15) is 0 Å². The van der Waals surface area contributed by atoms with E-state index in [9.17, 15) is 4.79 Å². The molecule has 0 aromatic rings. The number of rotatable bonds is 4. The normalized spacial score (nSPS) is 26.6. The van der Waals surface area contributed by atoms with Crippen molar-refractivity contribution in [3.63, 3.8) is 0 Å². The molecule has 2 N–H and O–H groups in total. The Hall–Kier alpha value is -0.570. The third-order valence-electron chi connectivity index (χ3n) is 3.84. The van der Waals surface area contributed by atoms with Crippen LogP contribution in [0.5, 0.6) is 0 Å². The van der Waals surface area contributed by atoms with E-state index in [-0.39, 0.29) is 5.91 Å². The summed E-state index contributed by atoms with van der Waals surface area (Å²) in [5.41, 5.74) is 5.81. The van der Waals surface area contributed by atoms with Crippen molar-refractivity contribution in [1.82, 2.24) is 0 Å². The van der Waals surface area contributed by atoms with Crippen molar-refractivity contribution in [2.24, 2.45) is 17.1 Å². The first-order valence-electron chi connectivity index (χ1n) is 5.52. The van der Waals surface area contributed by atoms with E-state index in [0.29, 0.717) is 17.9 Å². The van der Waals surface area contributed by atoms with Gasteiger partial charge in [-0.1, -0.05) is 6.42 Å². The number of amides is 1. The van der Waals surface area contributed by atoms with Crippen molar-refractivity contribution in [1.29, 1.82) is 0 Å². The van der Waals surface area contributed by atoms with Gasteiger partial charge in [0.05, 0.1) is 6.61 Å². The Labute approximate surface area is 85.0 Å². The van der Waals surface area contributed by atoms with E-state index in [1.54, 1.807) is 6.92 Å². The topological polar surface area (TPSA) is 52.3 Å². The Morgan fingerprint density at radius 1 is 1.57 bits per heavy atom. The van der Waals surface area contributed by atoms with E-state index in [4.69, 9.17) is 10.5 Å². The highest BCUT2D eigenvalue weighted by molar-refractivity contribution is 5.78. The summed E-state index contributed by atoms with van der Waals surface area (Å²) in [4.78, 5) is 10.7. The Morgan fingerprint density at radius 3 is 2.64 bits per heavy atom. The van der Waals surface area contributed by atoms with E-state index in [1.165, 1.54) is 32.1 Å². The second-order valence-electron chi connectivity index (χ2n) is 5.01. The third-order valence-corrected chi connectivity index (χ3v) is 3.84. The molecule has 1 atom stereocenters. The monoisotopic (exact) mass is 197 g/mol. The van der Waals surface area contributed by atoms with Gasteiger partial charge in [-0.15, -0.1) is 0 Å². The lowest BCUT2D eigenvalue weighted by atomic mass is 9.52. The molecular formula is C11H19NO2. The number of carbonyl (C=O) groups excluding carboxylic acids is 1. The largest absolute Gasteiger partial charge is 0.368 e. The van der Waals surface area contributed by atoms with Crippen molar-refractivity contribution in [3.05, 3.63) is 0 Å². The minimum Gasteiger partial charge on any atom is -0.368 e. The van der Waals surface area contributed by atoms with Crippen LogP contribution in [0.1, 0.15) is 39.0 Å². The lowest BCUT2D eigenvalue weighted by Crippen LogP contribution is -2.45. The maximum Gasteiger partial charge on any atom is 0.246 e. The number of ether oxygens (including phenoxy) is 1. The van der Waals surface area contributed by atoms with Gasteiger partial charge in [0.15, 0.2) is 0 Å². The highest BCUT2D eigenvalue weighted by Crippen LogP contribution is 2.58. The average molecular weight is 197 g/mol. The van der Waals surface area contributed by atoms with Crippen LogP contribution in [0.15, 0.2) is 0 Å². The quantitative estimate of drug-likeness (QED) is 0.741. The molecule has 0 aliphatic heterocycles. The Kier molecular flexibility index (Phi) is 2.52. The molecule has 1 amide bonds. The first-order chi connectivity index (χ1) is 6.61. The van der Waals surface area contributed by atoms with Gasteiger partial charge in [-0.3, -0.25) is 4.79 Å². The second kappa shape index (κ2) is 3.54. The van der Waals surface area contributed by atoms with Gasteiger partial charge in [-0.25, -0.2) is 0 Å². The summed E-state index contributed by atoms with van der Waals surface area (Å²) in [6.45, 7) is 2.44. The van der Waals surface area contributed by atoms with E-state index in [2.05, 4.69) is 0 Å². The predicted octanol–water partition coefficient (Wildman–Crippen LogP) is 1.46. The van der Waals surface area contributed by atoms with Crippen LogP contribution in [-0.2, 0) is 9.53 Å². The zero-order valence-electron chi connectivity index (χ0n) is 8.79. The van der Waals surface area contributed by atoms with Crippen LogP contribution in [0.2, 0.25) is 0 Å². The number of carbonyl (C=O) groups is 1. The van der Waals surface area contributed by atoms with Crippen LogP contribution in [0.25, 0.3) is 0 Å². The fraction of sp³-hybridized carbons (Fsp3) is 0.909. The Morgan fingerprint density at radius 2 is 2.21 bits per heavy atom. The minimum atomic E-state index is -0.423. The fourth-order valence-corrected chi connectivity index (χ4v) is 2.73. The molecule has 2 fully saturated rings. The van der Waals surface area contributed by atoms with E-state index in [1.807, 2.05) is 0 Å². The second-order valence-corrected chi connectivity index (χ2v) is 5.01. The first kappa shape index (κ1) is 9.97. The van der Waals surface area contributed by atoms with Gasteiger partial charge in [0.1, 0.15) is 6.10 Å². The van der Waals surface area contributed by atoms with E-state index < -0.39 is 6.10 Å². The van der Waals surface area contributed by atoms with Crippen LogP contribution in [0.3, 0.4) is 0 Å². The summed E-state index contributed by atoms with van der Waals surface area (Å²) >= 11 is 0. The molecule has 0 aromatic heterocycles. The fourth-order valence-electron chi connectivity index (χ4n) is 2.73. The minimum absolute atomic E-state index is 0.359. The summed E-state index contributed by atoms with van der Waals surface area (Å²) in [5, 5.41) is 0. The number of hydrogen-bond donors (Lipinski definition) is 1. The summed E-state index contributed by atoms with van der Waals surface area (Å²) in [6, 6.07) is 0. The predicted molar refractivity (Wildman–Crippen MR) is 53.6 cm³/mol. The van der Waals surface area contributed by atoms with Crippen molar-refractivity contribution in [2.75, 3.05) is 6.61 Å². The molecule has 0 heterocycles. The highest BCUT2D eigenvalue weighted by Gasteiger charge is 2.47. The number of hydrogen-bond acceptors (Lipinski definition) is 2. The van der Waals surface area contributed by atoms with Crippen molar-refractivity contribution >= 4 is 5.91 Å². The van der Waals surface area contributed by atoms with Crippen molar-refractivity contribution in [2.45, 2.75) is 45.1 Å². The first-order valence-corrected chi connectivity index (χ1v) is 5.52. The highest BCUT2D eigenvalue weighted by atomic mass is 16.5. The maximum absolute atomic E-state index is 10.7. The van der Waals surface area contributed by atoms with E-state index >= 15 is 0 Å². The molecule has 1 unspecified atom stereocenters. The van der Waals surface area contributed by atoms with Crippen molar-refractivity contribution < 1.29 is 9.53 Å². The zero-order valence-corrected chi connectivity index (χ0v) is 8.79. The molecule has 2 rings (SSSR count). The molecule has 3 heteroatoms. The summed E-state index contributed by atoms with van der Waals surface area (Å²) in [7, 11) is 0. The van der Waals surface area contributed by atoms with E-state index in [0.717, 1.165) is 0 Å². The standard InChI is InChI=1S/C11H19NO2/c1-8(10(12)13)14-7-9-5-11(6-9)3-2-4-11/h8-9H,2-7H2,1H3,(H2,12,13). The Bertz CT molecular complexity index is 227. The van der Waals surface area contributed by atoms with Crippen LogP contribution >= 0.6 is 0 Å². The van der Waals surface area contributed by atoms with Gasteiger partial charge in [0.25, 0.3) is 0 Å². The maximum atomic E-state index is 10.7. The third kappa shape index (κ3) is 1.78. The molecule has 0 aromatic carbocycles. The summed E-state index contributed by atoms with van der Waals surface area (Å²) in [5.74, 6) is 0.319. The number of nitrogens with two attached hydrogens (primary N) is 1. The van der Waals surface area contributed by atoms with Crippen LogP contribution < -0.4 is 5.73 Å². The zero-order chi connectivity index (χ0) is 10.2. The molecule has 1 spiro atoms. The molecule has 2 aliphatic carbocycles. The van der Waals surface area contributed by atoms with Gasteiger partial charge < -0.3 is 10.5 Å². The Balaban J connectivity index is 1.62. The van der Waals surface area contributed by atoms with Crippen LogP contribution in [-0.4, -0.2) is 18.6 Å². The van der Waals surface area contributed by atoms with Crippen molar-refractivity contribution in [3.8, 4) is 0 Å². The molecule has 2 aliphatic rings. The molecular weight excluding hydrogens is 178 g/mol. The van der Waals surface area contributed by atoms with Gasteiger partial charge in [0, 0.05) is 0 Å². The lowest BCUT2D eigenvalue weighted by molar-refractivity contribution is -0.132. The van der Waals surface area contributed by atoms with Gasteiger partial charge >= 0.3 is 0 Å². The van der Waals surface area contributed by atoms with Gasteiger partial charge in [0.2, 0.25) is 5.91 Å². The molecule has 0 bridgehead atoms. The smallest absolute Gasteiger partial charge is 0.246 e. The van der Waals surface area contributed by atoms with Crippen LogP contribution in [0.4, 0.5) is 0 Å².